The van der Waals surface area contributed by atoms with E-state index in [0.717, 1.165) is 12.0 Å². The van der Waals surface area contributed by atoms with Crippen LogP contribution >= 0.6 is 11.6 Å². The number of carbonyl (C=O) groups is 1. The first-order valence-electron chi connectivity index (χ1n) is 7.15. The van der Waals surface area contributed by atoms with Gasteiger partial charge in [-0.2, -0.15) is 5.10 Å². The molecule has 1 heterocycles. The number of amides is 1. The van der Waals surface area contributed by atoms with E-state index in [1.54, 1.807) is 12.1 Å². The van der Waals surface area contributed by atoms with Crippen LogP contribution in [0.1, 0.15) is 42.4 Å². The van der Waals surface area contributed by atoms with Crippen molar-refractivity contribution >= 4 is 17.5 Å². The predicted octanol–water partition coefficient (Wildman–Crippen LogP) is 2.80. The van der Waals surface area contributed by atoms with Crippen molar-refractivity contribution in [2.75, 3.05) is 0 Å². The summed E-state index contributed by atoms with van der Waals surface area (Å²) >= 11 is 5.85. The topological polar surface area (TPSA) is 64.0 Å². The summed E-state index contributed by atoms with van der Waals surface area (Å²) < 4.78 is 1.31. The zero-order chi connectivity index (χ0) is 16.1. The molecule has 1 unspecified atom stereocenters. The van der Waals surface area contributed by atoms with Gasteiger partial charge in [0, 0.05) is 17.6 Å². The van der Waals surface area contributed by atoms with Crippen molar-refractivity contribution in [3.8, 4) is 0 Å². The van der Waals surface area contributed by atoms with Crippen LogP contribution in [-0.4, -0.2) is 15.7 Å². The normalized spacial score (nSPS) is 12.0. The van der Waals surface area contributed by atoms with Gasteiger partial charge in [-0.3, -0.25) is 9.59 Å². The SMILES string of the molecule is CCCn1nc(C(=O)NC(C)c2ccc(Cl)cc2)ccc1=O. The molecule has 2 aromatic rings. The molecule has 0 radical (unpaired) electrons. The fourth-order valence-corrected chi connectivity index (χ4v) is 2.17. The molecule has 22 heavy (non-hydrogen) atoms. The maximum Gasteiger partial charge on any atom is 0.272 e. The van der Waals surface area contributed by atoms with E-state index in [4.69, 9.17) is 11.6 Å². The Balaban J connectivity index is 2.13. The Morgan fingerprint density at radius 3 is 2.59 bits per heavy atom. The van der Waals surface area contributed by atoms with Crippen LogP contribution in [0.2, 0.25) is 5.02 Å². The number of aryl methyl sites for hydroxylation is 1. The molecule has 0 saturated heterocycles. The molecular formula is C16H18ClN3O2. The van der Waals surface area contributed by atoms with Crippen molar-refractivity contribution in [2.45, 2.75) is 32.9 Å². The van der Waals surface area contributed by atoms with Gasteiger partial charge < -0.3 is 5.32 Å². The fraction of sp³-hybridized carbons (Fsp3) is 0.312. The van der Waals surface area contributed by atoms with E-state index >= 15 is 0 Å². The summed E-state index contributed by atoms with van der Waals surface area (Å²) in [6.07, 6.45) is 0.777. The highest BCUT2D eigenvalue weighted by molar-refractivity contribution is 6.30. The van der Waals surface area contributed by atoms with Crippen molar-refractivity contribution in [1.29, 1.82) is 0 Å². The highest BCUT2D eigenvalue weighted by atomic mass is 35.5. The molecule has 1 aromatic carbocycles. The second-order valence-corrected chi connectivity index (χ2v) is 5.46. The molecule has 0 aliphatic heterocycles. The summed E-state index contributed by atoms with van der Waals surface area (Å²) in [4.78, 5) is 23.9. The first-order chi connectivity index (χ1) is 10.5. The molecule has 116 valence electrons. The third-order valence-electron chi connectivity index (χ3n) is 3.25. The Morgan fingerprint density at radius 1 is 1.27 bits per heavy atom. The van der Waals surface area contributed by atoms with E-state index in [1.165, 1.54) is 16.8 Å². The van der Waals surface area contributed by atoms with Crippen molar-refractivity contribution in [3.63, 3.8) is 0 Å². The molecule has 1 N–H and O–H groups in total. The summed E-state index contributed by atoms with van der Waals surface area (Å²) in [5.74, 6) is -0.313. The Kier molecular flexibility index (Phi) is 5.33. The largest absolute Gasteiger partial charge is 0.344 e. The van der Waals surface area contributed by atoms with E-state index in [1.807, 2.05) is 26.0 Å². The second-order valence-electron chi connectivity index (χ2n) is 5.03. The van der Waals surface area contributed by atoms with E-state index in [9.17, 15) is 9.59 Å². The van der Waals surface area contributed by atoms with Gasteiger partial charge in [0.2, 0.25) is 0 Å². The van der Waals surface area contributed by atoms with Gasteiger partial charge in [-0.15, -0.1) is 0 Å². The van der Waals surface area contributed by atoms with Gasteiger partial charge in [-0.1, -0.05) is 30.7 Å². The average molecular weight is 320 g/mol. The monoisotopic (exact) mass is 319 g/mol. The minimum absolute atomic E-state index is 0.182. The van der Waals surface area contributed by atoms with Gasteiger partial charge >= 0.3 is 0 Å². The van der Waals surface area contributed by atoms with Gasteiger partial charge in [0.25, 0.3) is 11.5 Å². The van der Waals surface area contributed by atoms with Crippen LogP contribution in [-0.2, 0) is 6.54 Å². The summed E-state index contributed by atoms with van der Waals surface area (Å²) in [7, 11) is 0. The summed E-state index contributed by atoms with van der Waals surface area (Å²) in [5.41, 5.74) is 0.970. The molecule has 0 saturated carbocycles. The van der Waals surface area contributed by atoms with Crippen LogP contribution in [0.15, 0.2) is 41.2 Å². The van der Waals surface area contributed by atoms with Crippen LogP contribution in [0, 0.1) is 0 Å². The lowest BCUT2D eigenvalue weighted by Gasteiger charge is -2.14. The molecule has 5 nitrogen and oxygen atoms in total. The highest BCUT2D eigenvalue weighted by Gasteiger charge is 2.13. The number of halogens is 1. The third kappa shape index (κ3) is 3.95. The number of hydrogen-bond acceptors (Lipinski definition) is 3. The minimum Gasteiger partial charge on any atom is -0.344 e. The van der Waals surface area contributed by atoms with Gasteiger partial charge in [0.1, 0.15) is 5.69 Å². The van der Waals surface area contributed by atoms with Crippen molar-refractivity contribution in [3.05, 3.63) is 63.0 Å². The molecule has 0 aliphatic carbocycles. The third-order valence-corrected chi connectivity index (χ3v) is 3.50. The summed E-state index contributed by atoms with van der Waals surface area (Å²) in [6, 6.07) is 9.90. The average Bonchev–Trinajstić information content (AvgIpc) is 2.50. The maximum atomic E-state index is 12.2. The summed E-state index contributed by atoms with van der Waals surface area (Å²) in [6.45, 7) is 4.32. The van der Waals surface area contributed by atoms with E-state index < -0.39 is 0 Å². The van der Waals surface area contributed by atoms with Crippen LogP contribution in [0.25, 0.3) is 0 Å². The van der Waals surface area contributed by atoms with Crippen molar-refractivity contribution in [1.82, 2.24) is 15.1 Å². The maximum absolute atomic E-state index is 12.2. The second kappa shape index (κ2) is 7.22. The van der Waals surface area contributed by atoms with Crippen LogP contribution in [0.4, 0.5) is 0 Å². The number of aromatic nitrogens is 2. The lowest BCUT2D eigenvalue weighted by atomic mass is 10.1. The summed E-state index contributed by atoms with van der Waals surface area (Å²) in [5, 5.41) is 7.60. The van der Waals surface area contributed by atoms with Crippen molar-refractivity contribution < 1.29 is 4.79 Å². The standard InChI is InChI=1S/C16H18ClN3O2/c1-3-10-20-15(21)9-8-14(19-20)16(22)18-11(2)12-4-6-13(17)7-5-12/h4-9,11H,3,10H2,1-2H3,(H,18,22). The number of nitrogens with one attached hydrogen (secondary N) is 1. The van der Waals surface area contributed by atoms with E-state index in [0.29, 0.717) is 11.6 Å². The van der Waals surface area contributed by atoms with Crippen molar-refractivity contribution in [2.24, 2.45) is 0 Å². The molecule has 0 aliphatic rings. The molecular weight excluding hydrogens is 302 g/mol. The molecule has 0 fully saturated rings. The molecule has 6 heteroatoms. The van der Waals surface area contributed by atoms with Crippen LogP contribution < -0.4 is 10.9 Å². The Hall–Kier alpha value is -2.14. The zero-order valence-corrected chi connectivity index (χ0v) is 13.3. The highest BCUT2D eigenvalue weighted by Crippen LogP contribution is 2.16. The van der Waals surface area contributed by atoms with E-state index in [-0.39, 0.29) is 23.2 Å². The fourth-order valence-electron chi connectivity index (χ4n) is 2.05. The minimum atomic E-state index is -0.313. The quantitative estimate of drug-likeness (QED) is 0.921. The molecule has 1 amide bonds. The van der Waals surface area contributed by atoms with E-state index in [2.05, 4.69) is 10.4 Å². The van der Waals surface area contributed by atoms with Crippen LogP contribution in [0.5, 0.6) is 0 Å². The van der Waals surface area contributed by atoms with Gasteiger partial charge in [-0.05, 0) is 37.1 Å². The Morgan fingerprint density at radius 2 is 1.95 bits per heavy atom. The molecule has 1 aromatic heterocycles. The lowest BCUT2D eigenvalue weighted by molar-refractivity contribution is 0.0932. The molecule has 0 bridgehead atoms. The molecule has 2 rings (SSSR count). The van der Waals surface area contributed by atoms with Gasteiger partial charge in [0.05, 0.1) is 6.04 Å². The zero-order valence-electron chi connectivity index (χ0n) is 12.5. The van der Waals surface area contributed by atoms with Gasteiger partial charge in [0.15, 0.2) is 0 Å². The predicted molar refractivity (Wildman–Crippen MR) is 86.1 cm³/mol. The first-order valence-corrected chi connectivity index (χ1v) is 7.53. The Labute approximate surface area is 133 Å². The van der Waals surface area contributed by atoms with Crippen LogP contribution in [0.3, 0.4) is 0 Å². The van der Waals surface area contributed by atoms with Gasteiger partial charge in [-0.25, -0.2) is 4.68 Å². The molecule has 1 atom stereocenters. The number of carbonyl (C=O) groups excluding carboxylic acids is 1. The number of rotatable bonds is 5. The smallest absolute Gasteiger partial charge is 0.272 e. The number of nitrogens with zero attached hydrogens (tertiary/aromatic N) is 2. The number of hydrogen-bond donors (Lipinski definition) is 1. The molecule has 0 spiro atoms. The first kappa shape index (κ1) is 16.2. The number of benzene rings is 1. The lowest BCUT2D eigenvalue weighted by Crippen LogP contribution is -2.31. The Bertz CT molecular complexity index is 710.